The Morgan fingerprint density at radius 1 is 1.10 bits per heavy atom. The Kier molecular flexibility index (Phi) is 8.97. The highest BCUT2D eigenvalue weighted by atomic mass is 19.1. The van der Waals surface area contributed by atoms with Crippen LogP contribution in [0.2, 0.25) is 0 Å². The summed E-state index contributed by atoms with van der Waals surface area (Å²) in [6, 6.07) is 17.4. The number of pyridine rings is 1. The number of hydrogen-bond acceptors (Lipinski definition) is 8. The molecule has 5 aromatic rings. The molecular formula is C37H34FN7O4. The maximum absolute atomic E-state index is 14.2. The van der Waals surface area contributed by atoms with Crippen LogP contribution in [0.3, 0.4) is 0 Å². The second-order valence-corrected chi connectivity index (χ2v) is 12.2. The van der Waals surface area contributed by atoms with Gasteiger partial charge in [0.05, 0.1) is 48.4 Å². The predicted molar refractivity (Wildman–Crippen MR) is 177 cm³/mol. The molecule has 2 aromatic carbocycles. The van der Waals surface area contributed by atoms with Gasteiger partial charge in [-0.05, 0) is 67.8 Å². The third kappa shape index (κ3) is 6.82. The lowest BCUT2D eigenvalue weighted by Crippen LogP contribution is -2.38. The first kappa shape index (κ1) is 31.9. The highest BCUT2D eigenvalue weighted by molar-refractivity contribution is 5.79. The van der Waals surface area contributed by atoms with Crippen molar-refractivity contribution in [3.63, 3.8) is 0 Å². The zero-order chi connectivity index (χ0) is 33.9. The normalized spacial score (nSPS) is 17.6. The maximum Gasteiger partial charge on any atom is 0.320 e. The standard InChI is InChI=1S/C37H34FN7O4/c1-2-44-23-40-19-26(44)20-45-35(41-33-10-9-32(42-36(33)45)29-7-8-30(29)37(46)47)21-43-14-12-27(13-15-43)49-28-5-3-4-25(16-28)22-48-34-11-6-24(18-39)17-31(34)38/h3-6,9-11,16-17,19,23,27,29-30H,2,12-15,20-22H2,1H3,(H,46,47). The van der Waals surface area contributed by atoms with E-state index in [1.165, 1.54) is 12.1 Å². The first-order valence-electron chi connectivity index (χ1n) is 16.3. The van der Waals surface area contributed by atoms with Gasteiger partial charge in [0.25, 0.3) is 0 Å². The molecule has 0 spiro atoms. The number of nitriles is 1. The number of aryl methyl sites for hydroxylation is 1. The van der Waals surface area contributed by atoms with Crippen molar-refractivity contribution in [2.75, 3.05) is 13.1 Å². The molecule has 11 nitrogen and oxygen atoms in total. The molecule has 2 unspecified atom stereocenters. The number of likely N-dealkylation sites (tertiary alicyclic amines) is 1. The Morgan fingerprint density at radius 3 is 2.69 bits per heavy atom. The fourth-order valence-electron chi connectivity index (χ4n) is 6.28. The Bertz CT molecular complexity index is 2120. The maximum atomic E-state index is 14.2. The molecule has 4 heterocycles. The van der Waals surface area contributed by atoms with Gasteiger partial charge in [-0.1, -0.05) is 24.0 Å². The van der Waals surface area contributed by atoms with E-state index in [1.807, 2.05) is 55.0 Å². The van der Waals surface area contributed by atoms with E-state index in [1.54, 1.807) is 0 Å². The van der Waals surface area contributed by atoms with Gasteiger partial charge in [-0.15, -0.1) is 0 Å². The van der Waals surface area contributed by atoms with Crippen LogP contribution in [0.25, 0.3) is 11.2 Å². The predicted octanol–water partition coefficient (Wildman–Crippen LogP) is 5.13. The Morgan fingerprint density at radius 2 is 1.96 bits per heavy atom. The van der Waals surface area contributed by atoms with Crippen molar-refractivity contribution in [2.24, 2.45) is 5.92 Å². The summed E-state index contributed by atoms with van der Waals surface area (Å²) in [7, 11) is 0. The zero-order valence-electron chi connectivity index (χ0n) is 26.9. The summed E-state index contributed by atoms with van der Waals surface area (Å²) in [4.78, 5) is 28.3. The fourth-order valence-corrected chi connectivity index (χ4v) is 6.28. The zero-order valence-corrected chi connectivity index (χ0v) is 26.9. The number of benzene rings is 2. The molecule has 248 valence electrons. The minimum absolute atomic E-state index is 0.0381. The average molecular weight is 660 g/mol. The van der Waals surface area contributed by atoms with Crippen molar-refractivity contribution in [1.29, 1.82) is 5.26 Å². The number of fused-ring (bicyclic) bond motifs is 1. The lowest BCUT2D eigenvalue weighted by Gasteiger charge is -2.32. The fraction of sp³-hybridized carbons (Fsp3) is 0.324. The van der Waals surface area contributed by atoms with Gasteiger partial charge in [-0.3, -0.25) is 9.69 Å². The molecule has 1 aliphatic heterocycles. The van der Waals surface area contributed by atoms with Crippen molar-refractivity contribution in [3.8, 4) is 29.4 Å². The lowest BCUT2D eigenvalue weighted by atomic mass is 9.83. The molecule has 2 atom stereocenters. The van der Waals surface area contributed by atoms with Crippen molar-refractivity contribution in [1.82, 2.24) is 29.0 Å². The van der Waals surface area contributed by atoms with Crippen molar-refractivity contribution in [3.05, 3.63) is 101 Å². The van der Waals surface area contributed by atoms with Crippen molar-refractivity contribution < 1.29 is 23.8 Å². The summed E-state index contributed by atoms with van der Waals surface area (Å²) in [5.74, 6) is 4.73. The van der Waals surface area contributed by atoms with Crippen LogP contribution in [0.15, 0.2) is 67.1 Å². The first-order valence-corrected chi connectivity index (χ1v) is 16.3. The molecule has 1 aliphatic carbocycles. The highest BCUT2D eigenvalue weighted by Crippen LogP contribution is 2.31. The number of ether oxygens (including phenoxy) is 2. The molecule has 0 amide bonds. The third-order valence-corrected chi connectivity index (χ3v) is 9.02. The number of imidazole rings is 2. The van der Waals surface area contributed by atoms with Crippen LogP contribution in [0, 0.1) is 34.9 Å². The van der Waals surface area contributed by atoms with Gasteiger partial charge in [0.2, 0.25) is 0 Å². The number of hydrogen-bond donors (Lipinski definition) is 1. The number of rotatable bonds is 12. The largest absolute Gasteiger partial charge is 0.490 e. The topological polar surface area (TPSA) is 131 Å². The molecule has 0 saturated carbocycles. The van der Waals surface area contributed by atoms with Gasteiger partial charge in [0.1, 0.15) is 35.7 Å². The number of aromatic nitrogens is 5. The molecule has 1 saturated heterocycles. The molecule has 2 aliphatic rings. The van der Waals surface area contributed by atoms with Crippen LogP contribution in [0.4, 0.5) is 4.39 Å². The van der Waals surface area contributed by atoms with E-state index in [0.717, 1.165) is 66.9 Å². The van der Waals surface area contributed by atoms with E-state index >= 15 is 0 Å². The van der Waals surface area contributed by atoms with E-state index in [4.69, 9.17) is 24.7 Å². The molecular weight excluding hydrogens is 625 g/mol. The number of halogens is 1. The van der Waals surface area contributed by atoms with E-state index in [9.17, 15) is 14.3 Å². The summed E-state index contributed by atoms with van der Waals surface area (Å²) >= 11 is 0. The molecule has 49 heavy (non-hydrogen) atoms. The average Bonchev–Trinajstić information content (AvgIpc) is 3.68. The molecule has 1 fully saturated rings. The summed E-state index contributed by atoms with van der Waals surface area (Å²) in [6.07, 6.45) is 5.38. The SMILES string of the molecule is CCn1cncc1Cn1c(CN2CCC(Oc3cccc(COc4ccc(C#N)cc4F)c3)CC2)nc2ccc(C3C#CC3C(=O)O)nc21. The highest BCUT2D eigenvalue weighted by Gasteiger charge is 2.34. The van der Waals surface area contributed by atoms with Gasteiger partial charge in [0.15, 0.2) is 17.2 Å². The van der Waals surface area contributed by atoms with E-state index < -0.39 is 23.6 Å². The van der Waals surface area contributed by atoms with Crippen LogP contribution >= 0.6 is 0 Å². The molecule has 0 bridgehead atoms. The van der Waals surface area contributed by atoms with Crippen LogP contribution in [-0.2, 0) is 31.0 Å². The van der Waals surface area contributed by atoms with Crippen molar-refractivity contribution >= 4 is 17.1 Å². The Hall–Kier alpha value is -5.72. The van der Waals surface area contributed by atoms with Crippen LogP contribution in [0.5, 0.6) is 11.5 Å². The number of carboxylic acid groups (broad SMARTS) is 1. The Balaban J connectivity index is 1.02. The minimum atomic E-state index is -0.933. The number of aliphatic carboxylic acids is 1. The van der Waals surface area contributed by atoms with Crippen LogP contribution in [-0.4, -0.2) is 59.3 Å². The van der Waals surface area contributed by atoms with E-state index in [-0.39, 0.29) is 24.0 Å². The second kappa shape index (κ2) is 13.8. The van der Waals surface area contributed by atoms with E-state index in [2.05, 4.69) is 37.8 Å². The molecule has 7 rings (SSSR count). The minimum Gasteiger partial charge on any atom is -0.490 e. The summed E-state index contributed by atoms with van der Waals surface area (Å²) in [6.45, 7) is 5.82. The van der Waals surface area contributed by atoms with Gasteiger partial charge in [0, 0.05) is 25.8 Å². The summed E-state index contributed by atoms with van der Waals surface area (Å²) in [5, 5.41) is 18.5. The number of nitrogens with zero attached hydrogens (tertiary/aromatic N) is 7. The number of carbonyl (C=O) groups is 1. The smallest absolute Gasteiger partial charge is 0.320 e. The Labute approximate surface area is 282 Å². The molecule has 1 N–H and O–H groups in total. The summed E-state index contributed by atoms with van der Waals surface area (Å²) < 4.78 is 30.5. The first-order chi connectivity index (χ1) is 23.9. The summed E-state index contributed by atoms with van der Waals surface area (Å²) in [5.41, 5.74) is 4.23. The quantitative estimate of drug-likeness (QED) is 0.181. The van der Waals surface area contributed by atoms with Crippen molar-refractivity contribution in [2.45, 2.75) is 58.0 Å². The lowest BCUT2D eigenvalue weighted by molar-refractivity contribution is -0.140. The van der Waals surface area contributed by atoms with Crippen LogP contribution < -0.4 is 9.47 Å². The third-order valence-electron chi connectivity index (χ3n) is 9.02. The number of piperidine rings is 1. The molecule has 3 aromatic heterocycles. The monoisotopic (exact) mass is 659 g/mol. The van der Waals surface area contributed by atoms with Gasteiger partial charge < -0.3 is 23.7 Å². The molecule has 0 radical (unpaired) electrons. The van der Waals surface area contributed by atoms with Crippen LogP contribution in [0.1, 0.15) is 54.0 Å². The van der Waals surface area contributed by atoms with Gasteiger partial charge >= 0.3 is 5.97 Å². The van der Waals surface area contributed by atoms with Gasteiger partial charge in [-0.25, -0.2) is 19.3 Å². The second-order valence-electron chi connectivity index (χ2n) is 12.2. The van der Waals surface area contributed by atoms with Gasteiger partial charge in [-0.2, -0.15) is 5.26 Å². The van der Waals surface area contributed by atoms with E-state index in [0.29, 0.717) is 24.4 Å². The number of carboxylic acids is 1. The molecule has 12 heteroatoms.